The minimum atomic E-state index is -0.866. The van der Waals surface area contributed by atoms with Crippen molar-refractivity contribution in [2.24, 2.45) is 0 Å². The van der Waals surface area contributed by atoms with Crippen molar-refractivity contribution >= 4 is 22.1 Å². The average Bonchev–Trinajstić information content (AvgIpc) is 3.10. The number of hydrogen-bond acceptors (Lipinski definition) is 3. The fraction of sp³-hybridized carbons (Fsp3) is 0.438. The van der Waals surface area contributed by atoms with E-state index in [2.05, 4.69) is 5.38 Å². The number of aromatic nitrogens is 1. The second-order valence-corrected chi connectivity index (χ2v) is 7.72. The molecule has 0 bridgehead atoms. The van der Waals surface area contributed by atoms with Crippen molar-refractivity contribution in [2.45, 2.75) is 43.1 Å². The van der Waals surface area contributed by atoms with Crippen LogP contribution in [0.2, 0.25) is 0 Å². The first-order chi connectivity index (χ1) is 9.81. The summed E-state index contributed by atoms with van der Waals surface area (Å²) in [6.07, 6.45) is 5.22. The van der Waals surface area contributed by atoms with E-state index in [-0.39, 0.29) is 0 Å². The van der Waals surface area contributed by atoms with Crippen molar-refractivity contribution in [3.63, 3.8) is 0 Å². The molecule has 0 N–H and O–H groups in total. The number of rotatable bonds is 5. The molecule has 0 radical (unpaired) electrons. The Bertz CT molecular complexity index is 573. The Hall–Kier alpha value is -1.00. The first-order valence-electron chi connectivity index (χ1n) is 7.14. The van der Waals surface area contributed by atoms with Gasteiger partial charge in [-0.05, 0) is 18.4 Å². The number of benzene rings is 1. The van der Waals surface area contributed by atoms with E-state index < -0.39 is 10.8 Å². The average molecular weight is 305 g/mol. The van der Waals surface area contributed by atoms with Gasteiger partial charge < -0.3 is 0 Å². The van der Waals surface area contributed by atoms with Crippen LogP contribution >= 0.6 is 11.3 Å². The second kappa shape index (κ2) is 6.64. The van der Waals surface area contributed by atoms with Crippen LogP contribution in [-0.4, -0.2) is 9.19 Å². The third kappa shape index (κ3) is 3.55. The maximum Gasteiger partial charge on any atom is 0.0959 e. The molecule has 20 heavy (non-hydrogen) atoms. The minimum Gasteiger partial charge on any atom is -0.259 e. The van der Waals surface area contributed by atoms with Crippen LogP contribution in [0.3, 0.4) is 0 Å². The molecular formula is C16H19NOS2. The maximum atomic E-state index is 12.2. The molecule has 0 saturated heterocycles. The SMILES string of the molecule is O=[S@@](Cc1ccccc1)Cc1csc(C2CCCC2)n1. The molecule has 1 atom stereocenters. The van der Waals surface area contributed by atoms with Crippen LogP contribution in [-0.2, 0) is 22.3 Å². The predicted octanol–water partition coefficient (Wildman–Crippen LogP) is 4.25. The largest absolute Gasteiger partial charge is 0.259 e. The predicted molar refractivity (Wildman–Crippen MR) is 85.3 cm³/mol. The van der Waals surface area contributed by atoms with Gasteiger partial charge in [0, 0.05) is 27.9 Å². The summed E-state index contributed by atoms with van der Waals surface area (Å²) in [6.45, 7) is 0. The molecule has 1 aromatic carbocycles. The van der Waals surface area contributed by atoms with E-state index in [0.717, 1.165) is 11.3 Å². The van der Waals surface area contributed by atoms with Gasteiger partial charge in [-0.3, -0.25) is 4.21 Å². The Morgan fingerprint density at radius 1 is 1.15 bits per heavy atom. The maximum absolute atomic E-state index is 12.2. The molecule has 0 spiro atoms. The van der Waals surface area contributed by atoms with E-state index in [9.17, 15) is 4.21 Å². The lowest BCUT2D eigenvalue weighted by Gasteiger charge is -2.03. The molecule has 1 saturated carbocycles. The van der Waals surface area contributed by atoms with Crippen LogP contribution in [0.1, 0.15) is 47.9 Å². The van der Waals surface area contributed by atoms with Crippen LogP contribution < -0.4 is 0 Å². The first-order valence-corrected chi connectivity index (χ1v) is 9.51. The lowest BCUT2D eigenvalue weighted by molar-refractivity contribution is 0.681. The molecular weight excluding hydrogens is 286 g/mol. The van der Waals surface area contributed by atoms with E-state index in [1.165, 1.54) is 30.7 Å². The normalized spacial score (nSPS) is 17.4. The lowest BCUT2D eigenvalue weighted by Crippen LogP contribution is -2.00. The molecule has 3 rings (SSSR count). The zero-order valence-electron chi connectivity index (χ0n) is 11.5. The first kappa shape index (κ1) is 14.0. The molecule has 1 aromatic heterocycles. The fourth-order valence-electron chi connectivity index (χ4n) is 2.73. The summed E-state index contributed by atoms with van der Waals surface area (Å²) in [4.78, 5) is 4.70. The second-order valence-electron chi connectivity index (χ2n) is 5.37. The van der Waals surface area contributed by atoms with Crippen LogP contribution in [0, 0.1) is 0 Å². The molecule has 1 aliphatic rings. The topological polar surface area (TPSA) is 30.0 Å². The van der Waals surface area contributed by atoms with Crippen LogP contribution in [0.4, 0.5) is 0 Å². The van der Waals surface area contributed by atoms with Gasteiger partial charge in [-0.15, -0.1) is 11.3 Å². The molecule has 0 amide bonds. The van der Waals surface area contributed by atoms with Crippen molar-refractivity contribution in [3.8, 4) is 0 Å². The van der Waals surface area contributed by atoms with E-state index in [1.54, 1.807) is 11.3 Å². The Morgan fingerprint density at radius 3 is 2.65 bits per heavy atom. The summed E-state index contributed by atoms with van der Waals surface area (Å²) in [5, 5.41) is 3.35. The Balaban J connectivity index is 1.59. The van der Waals surface area contributed by atoms with Gasteiger partial charge >= 0.3 is 0 Å². The van der Waals surface area contributed by atoms with Crippen LogP contribution in [0.5, 0.6) is 0 Å². The van der Waals surface area contributed by atoms with E-state index in [4.69, 9.17) is 4.98 Å². The lowest BCUT2D eigenvalue weighted by atomic mass is 10.1. The van der Waals surface area contributed by atoms with Gasteiger partial charge in [0.2, 0.25) is 0 Å². The van der Waals surface area contributed by atoms with Crippen molar-refractivity contribution in [2.75, 3.05) is 0 Å². The highest BCUT2D eigenvalue weighted by Gasteiger charge is 2.20. The van der Waals surface area contributed by atoms with Gasteiger partial charge in [0.1, 0.15) is 0 Å². The number of hydrogen-bond donors (Lipinski definition) is 0. The minimum absolute atomic E-state index is 0.581. The molecule has 2 nitrogen and oxygen atoms in total. The highest BCUT2D eigenvalue weighted by Crippen LogP contribution is 2.35. The van der Waals surface area contributed by atoms with Gasteiger partial charge in [0.25, 0.3) is 0 Å². The molecule has 4 heteroatoms. The summed E-state index contributed by atoms with van der Waals surface area (Å²) in [5.74, 6) is 1.87. The fourth-order valence-corrected chi connectivity index (χ4v) is 4.97. The van der Waals surface area contributed by atoms with Crippen molar-refractivity contribution in [1.82, 2.24) is 4.98 Å². The highest BCUT2D eigenvalue weighted by atomic mass is 32.2. The van der Waals surface area contributed by atoms with Crippen LogP contribution in [0.15, 0.2) is 35.7 Å². The quantitative estimate of drug-likeness (QED) is 0.826. The van der Waals surface area contributed by atoms with Crippen molar-refractivity contribution in [3.05, 3.63) is 52.0 Å². The number of thiazole rings is 1. The Morgan fingerprint density at radius 2 is 1.90 bits per heavy atom. The van der Waals surface area contributed by atoms with Crippen LogP contribution in [0.25, 0.3) is 0 Å². The smallest absolute Gasteiger partial charge is 0.0959 e. The molecule has 1 heterocycles. The summed E-state index contributed by atoms with van der Waals surface area (Å²) in [5.41, 5.74) is 2.14. The van der Waals surface area contributed by atoms with Gasteiger partial charge in [0.15, 0.2) is 0 Å². The van der Waals surface area contributed by atoms with Gasteiger partial charge in [-0.2, -0.15) is 0 Å². The van der Waals surface area contributed by atoms with Gasteiger partial charge in [-0.1, -0.05) is 43.2 Å². The van der Waals surface area contributed by atoms with E-state index in [1.807, 2.05) is 30.3 Å². The Labute approximate surface area is 126 Å². The molecule has 1 aliphatic carbocycles. The summed E-state index contributed by atoms with van der Waals surface area (Å²) in [6, 6.07) is 10.0. The summed E-state index contributed by atoms with van der Waals surface area (Å²) in [7, 11) is -0.866. The zero-order chi connectivity index (χ0) is 13.8. The molecule has 106 valence electrons. The monoisotopic (exact) mass is 305 g/mol. The molecule has 0 unspecified atom stereocenters. The Kier molecular flexibility index (Phi) is 4.63. The number of nitrogens with zero attached hydrogens (tertiary/aromatic N) is 1. The molecule has 2 aromatic rings. The third-order valence-corrected chi connectivity index (χ3v) is 6.08. The van der Waals surface area contributed by atoms with Crippen molar-refractivity contribution < 1.29 is 4.21 Å². The third-order valence-electron chi connectivity index (χ3n) is 3.75. The summed E-state index contributed by atoms with van der Waals surface area (Å²) < 4.78 is 12.2. The zero-order valence-corrected chi connectivity index (χ0v) is 13.1. The standard InChI is InChI=1S/C16H19NOS2/c18-20(11-13-6-2-1-3-7-13)12-15-10-19-16(17-15)14-8-4-5-9-14/h1-3,6-7,10,14H,4-5,8-9,11-12H2/t20-/m0/s1. The van der Waals surface area contributed by atoms with E-state index in [0.29, 0.717) is 17.4 Å². The van der Waals surface area contributed by atoms with Gasteiger partial charge in [-0.25, -0.2) is 4.98 Å². The van der Waals surface area contributed by atoms with E-state index >= 15 is 0 Å². The molecule has 1 fully saturated rings. The van der Waals surface area contributed by atoms with Gasteiger partial charge in [0.05, 0.1) is 16.5 Å². The summed E-state index contributed by atoms with van der Waals surface area (Å²) >= 11 is 1.75. The van der Waals surface area contributed by atoms with Crippen molar-refractivity contribution in [1.29, 1.82) is 0 Å². The highest BCUT2D eigenvalue weighted by molar-refractivity contribution is 7.83. The molecule has 0 aliphatic heterocycles.